The van der Waals surface area contributed by atoms with Crippen LogP contribution in [0.2, 0.25) is 0 Å². The SMILES string of the molecule is C[C@@H]1CN([C@H](C)CO)C(=O)c2cc(NS(=O)(=O)c3ccc(F)cc3)ccc2O[C@@H]1CN(C)Cc1ccc2c(c1)OCO2. The van der Waals surface area contributed by atoms with E-state index < -0.39 is 21.9 Å². The molecule has 0 saturated carbocycles. The second-order valence-corrected chi connectivity index (χ2v) is 12.5. The lowest BCUT2D eigenvalue weighted by Gasteiger charge is -2.38. The number of likely N-dealkylation sites (N-methyl/N-ethyl adjacent to an activating group) is 1. The molecule has 0 bridgehead atoms. The van der Waals surface area contributed by atoms with Crippen molar-refractivity contribution in [3.8, 4) is 17.2 Å². The van der Waals surface area contributed by atoms with Crippen LogP contribution < -0.4 is 18.9 Å². The molecule has 0 radical (unpaired) electrons. The van der Waals surface area contributed by atoms with Gasteiger partial charge in [-0.25, -0.2) is 12.8 Å². The summed E-state index contributed by atoms with van der Waals surface area (Å²) in [6.45, 7) is 5.21. The lowest BCUT2D eigenvalue weighted by atomic mass is 9.99. The molecule has 0 spiro atoms. The Morgan fingerprint density at radius 2 is 1.79 bits per heavy atom. The minimum absolute atomic E-state index is 0.0908. The zero-order valence-electron chi connectivity index (χ0n) is 23.6. The highest BCUT2D eigenvalue weighted by Crippen LogP contribution is 2.34. The lowest BCUT2D eigenvalue weighted by Crippen LogP contribution is -2.49. The minimum Gasteiger partial charge on any atom is -0.488 e. The molecule has 0 unspecified atom stereocenters. The first-order chi connectivity index (χ1) is 20.0. The fraction of sp³-hybridized carbons (Fsp3) is 0.367. The summed E-state index contributed by atoms with van der Waals surface area (Å²) in [7, 11) is -2.06. The maximum Gasteiger partial charge on any atom is 0.261 e. The van der Waals surface area contributed by atoms with Crippen molar-refractivity contribution in [3.63, 3.8) is 0 Å². The van der Waals surface area contributed by atoms with Gasteiger partial charge in [-0.1, -0.05) is 13.0 Å². The average molecular weight is 600 g/mol. The Morgan fingerprint density at radius 3 is 2.52 bits per heavy atom. The maximum atomic E-state index is 13.7. The van der Waals surface area contributed by atoms with Crippen LogP contribution in [0.5, 0.6) is 17.2 Å². The van der Waals surface area contributed by atoms with E-state index in [1.807, 2.05) is 32.2 Å². The second kappa shape index (κ2) is 12.2. The molecule has 0 fully saturated rings. The fourth-order valence-corrected chi connectivity index (χ4v) is 6.10. The number of hydrogen-bond acceptors (Lipinski definition) is 8. The molecule has 3 aromatic rings. The molecule has 0 saturated heterocycles. The number of nitrogens with zero attached hydrogens (tertiary/aromatic N) is 2. The summed E-state index contributed by atoms with van der Waals surface area (Å²) in [5.41, 5.74) is 1.37. The van der Waals surface area contributed by atoms with Crippen LogP contribution in [0.3, 0.4) is 0 Å². The molecule has 2 aliphatic heterocycles. The van der Waals surface area contributed by atoms with Gasteiger partial charge in [0.15, 0.2) is 11.5 Å². The Kier molecular flexibility index (Phi) is 8.58. The number of benzene rings is 3. The van der Waals surface area contributed by atoms with Gasteiger partial charge in [0.05, 0.1) is 23.1 Å². The molecule has 10 nitrogen and oxygen atoms in total. The van der Waals surface area contributed by atoms with Crippen LogP contribution >= 0.6 is 0 Å². The molecule has 3 aromatic carbocycles. The van der Waals surface area contributed by atoms with Crippen molar-refractivity contribution in [2.45, 2.75) is 37.4 Å². The fourth-order valence-electron chi connectivity index (χ4n) is 5.05. The van der Waals surface area contributed by atoms with Crippen LogP contribution in [-0.4, -0.2) is 74.9 Å². The number of halogens is 1. The molecule has 224 valence electrons. The Hall–Kier alpha value is -3.87. The zero-order valence-corrected chi connectivity index (χ0v) is 24.4. The Balaban J connectivity index is 1.40. The number of hydrogen-bond donors (Lipinski definition) is 2. The van der Waals surface area contributed by atoms with Crippen molar-refractivity contribution < 1.29 is 36.9 Å². The van der Waals surface area contributed by atoms with Gasteiger partial charge in [0, 0.05) is 31.2 Å². The van der Waals surface area contributed by atoms with E-state index in [4.69, 9.17) is 14.2 Å². The number of carbonyl (C=O) groups is 1. The van der Waals surface area contributed by atoms with Crippen LogP contribution in [0.15, 0.2) is 65.6 Å². The van der Waals surface area contributed by atoms with Gasteiger partial charge in [-0.15, -0.1) is 0 Å². The molecule has 2 N–H and O–H groups in total. The first-order valence-electron chi connectivity index (χ1n) is 13.6. The quantitative estimate of drug-likeness (QED) is 0.383. The highest BCUT2D eigenvalue weighted by molar-refractivity contribution is 7.92. The molecular formula is C30H34FN3O7S. The molecule has 1 amide bonds. The van der Waals surface area contributed by atoms with Crippen molar-refractivity contribution in [2.75, 3.05) is 38.3 Å². The molecule has 42 heavy (non-hydrogen) atoms. The average Bonchev–Trinajstić information content (AvgIpc) is 3.43. The Bertz CT molecular complexity index is 1550. The number of anilines is 1. The minimum atomic E-state index is -4.04. The van der Waals surface area contributed by atoms with Crippen LogP contribution in [0, 0.1) is 11.7 Å². The molecule has 0 aliphatic carbocycles. The number of fused-ring (bicyclic) bond motifs is 2. The molecule has 0 aromatic heterocycles. The van der Waals surface area contributed by atoms with Crippen molar-refractivity contribution in [1.29, 1.82) is 0 Å². The Labute approximate surface area is 244 Å². The summed E-state index contributed by atoms with van der Waals surface area (Å²) in [6, 6.07) is 14.3. The number of rotatable bonds is 9. The maximum absolute atomic E-state index is 13.7. The van der Waals surface area contributed by atoms with Gasteiger partial charge in [0.1, 0.15) is 17.7 Å². The molecule has 12 heteroatoms. The normalized spacial score (nSPS) is 19.1. The second-order valence-electron chi connectivity index (χ2n) is 10.8. The first-order valence-corrected chi connectivity index (χ1v) is 15.1. The van der Waals surface area contributed by atoms with E-state index >= 15 is 0 Å². The summed E-state index contributed by atoms with van der Waals surface area (Å²) < 4.78 is 59.0. The third-order valence-electron chi connectivity index (χ3n) is 7.42. The van der Waals surface area contributed by atoms with Gasteiger partial charge in [0.2, 0.25) is 6.79 Å². The molecule has 5 rings (SSSR count). The standard InChI is InChI=1S/C30H34FN3O7S/c1-19-14-34(20(2)17-35)30(36)25-13-23(32-42(37,38)24-8-5-22(31)6-9-24)7-11-26(25)41-29(19)16-33(3)15-21-4-10-27-28(12-21)40-18-39-27/h4-13,19-20,29,32,35H,14-18H2,1-3H3/t19-,20-,29-/m1/s1. The van der Waals surface area contributed by atoms with E-state index in [0.29, 0.717) is 31.1 Å². The molecular weight excluding hydrogens is 565 g/mol. The van der Waals surface area contributed by atoms with E-state index in [9.17, 15) is 22.7 Å². The number of sulfonamides is 1. The largest absolute Gasteiger partial charge is 0.488 e. The van der Waals surface area contributed by atoms with E-state index in [1.165, 1.54) is 12.1 Å². The van der Waals surface area contributed by atoms with Crippen LogP contribution in [0.4, 0.5) is 10.1 Å². The summed E-state index contributed by atoms with van der Waals surface area (Å²) in [4.78, 5) is 17.3. The predicted molar refractivity (Wildman–Crippen MR) is 154 cm³/mol. The van der Waals surface area contributed by atoms with Gasteiger partial charge < -0.3 is 24.2 Å². The van der Waals surface area contributed by atoms with Gasteiger partial charge in [-0.2, -0.15) is 0 Å². The third kappa shape index (κ3) is 6.45. The molecule has 2 aliphatic rings. The summed E-state index contributed by atoms with van der Waals surface area (Å²) in [5.74, 6) is 0.718. The van der Waals surface area contributed by atoms with Crippen LogP contribution in [-0.2, 0) is 16.6 Å². The zero-order chi connectivity index (χ0) is 30.0. The highest BCUT2D eigenvalue weighted by Gasteiger charge is 2.34. The van der Waals surface area contributed by atoms with Crippen molar-refractivity contribution in [3.05, 3.63) is 77.6 Å². The number of amides is 1. The predicted octanol–water partition coefficient (Wildman–Crippen LogP) is 3.71. The van der Waals surface area contributed by atoms with Crippen molar-refractivity contribution in [2.24, 2.45) is 5.92 Å². The topological polar surface area (TPSA) is 118 Å². The van der Waals surface area contributed by atoms with Crippen LogP contribution in [0.1, 0.15) is 29.8 Å². The van der Waals surface area contributed by atoms with Gasteiger partial charge in [0.25, 0.3) is 15.9 Å². The molecule has 2 heterocycles. The van der Waals surface area contributed by atoms with E-state index in [2.05, 4.69) is 9.62 Å². The monoisotopic (exact) mass is 599 g/mol. The summed E-state index contributed by atoms with van der Waals surface area (Å²) in [6.07, 6.45) is -0.328. The number of aliphatic hydroxyl groups is 1. The summed E-state index contributed by atoms with van der Waals surface area (Å²) in [5, 5.41) is 9.93. The smallest absolute Gasteiger partial charge is 0.261 e. The lowest BCUT2D eigenvalue weighted by molar-refractivity contribution is 0.0341. The first kappa shape index (κ1) is 29.6. The Morgan fingerprint density at radius 1 is 1.07 bits per heavy atom. The molecule has 3 atom stereocenters. The number of carbonyl (C=O) groups excluding carboxylic acids is 1. The van der Waals surface area contributed by atoms with Gasteiger partial charge >= 0.3 is 0 Å². The third-order valence-corrected chi connectivity index (χ3v) is 8.82. The van der Waals surface area contributed by atoms with Crippen LogP contribution in [0.25, 0.3) is 0 Å². The van der Waals surface area contributed by atoms with Crippen molar-refractivity contribution >= 4 is 21.6 Å². The highest BCUT2D eigenvalue weighted by atomic mass is 32.2. The van der Waals surface area contributed by atoms with Gasteiger partial charge in [-0.05, 0) is 74.1 Å². The number of ether oxygens (including phenoxy) is 3. The van der Waals surface area contributed by atoms with E-state index in [1.54, 1.807) is 17.9 Å². The number of aliphatic hydroxyl groups excluding tert-OH is 1. The number of nitrogens with one attached hydrogen (secondary N) is 1. The van der Waals surface area contributed by atoms with Crippen molar-refractivity contribution in [1.82, 2.24) is 9.80 Å². The van der Waals surface area contributed by atoms with E-state index in [-0.39, 0.29) is 47.5 Å². The summed E-state index contributed by atoms with van der Waals surface area (Å²) >= 11 is 0. The van der Waals surface area contributed by atoms with Gasteiger partial charge in [-0.3, -0.25) is 14.4 Å². The van der Waals surface area contributed by atoms with E-state index in [0.717, 1.165) is 35.6 Å².